The van der Waals surface area contributed by atoms with Gasteiger partial charge in [-0.3, -0.25) is 9.59 Å². The number of alkyl carbamates (subject to hydrolysis) is 2. The Bertz CT molecular complexity index is 1990. The van der Waals surface area contributed by atoms with Crippen molar-refractivity contribution in [2.24, 2.45) is 0 Å². The lowest BCUT2D eigenvalue weighted by Crippen LogP contribution is -2.40. The summed E-state index contributed by atoms with van der Waals surface area (Å²) >= 11 is 0. The maximum absolute atomic E-state index is 13.2. The topological polar surface area (TPSA) is 175 Å². The van der Waals surface area contributed by atoms with Gasteiger partial charge in [0.1, 0.15) is 24.7 Å². The Balaban J connectivity index is 1.23. The number of hydrogen-bond donors (Lipinski definition) is 4. The van der Waals surface area contributed by atoms with Crippen LogP contribution in [0, 0.1) is 6.92 Å². The molecule has 0 aliphatic rings. The Kier molecular flexibility index (Phi) is 12.4. The van der Waals surface area contributed by atoms with Gasteiger partial charge in [0.05, 0.1) is 51.1 Å². The van der Waals surface area contributed by atoms with E-state index in [2.05, 4.69) is 40.0 Å². The van der Waals surface area contributed by atoms with Crippen LogP contribution >= 0.6 is 0 Å². The van der Waals surface area contributed by atoms with Crippen LogP contribution in [0.1, 0.15) is 30.6 Å². The Hall–Kier alpha value is -6.44. The molecule has 0 aliphatic carbocycles. The first-order valence-corrected chi connectivity index (χ1v) is 16.8. The number of aromatic nitrogens is 4. The maximum Gasteiger partial charge on any atom is 0.407 e. The molecule has 0 fully saturated rings. The molecule has 0 saturated carbocycles. The summed E-state index contributed by atoms with van der Waals surface area (Å²) in [6.45, 7) is 4.52. The van der Waals surface area contributed by atoms with E-state index in [0.29, 0.717) is 18.2 Å². The molecule has 0 bridgehead atoms. The minimum Gasteiger partial charge on any atom is -0.453 e. The summed E-state index contributed by atoms with van der Waals surface area (Å²) in [6, 6.07) is 23.7. The van der Waals surface area contributed by atoms with Crippen molar-refractivity contribution in [2.75, 3.05) is 38.8 Å². The van der Waals surface area contributed by atoms with Crippen molar-refractivity contribution in [2.45, 2.75) is 33.4 Å². The van der Waals surface area contributed by atoms with Crippen molar-refractivity contribution < 1.29 is 28.7 Å². The van der Waals surface area contributed by atoms with Crippen LogP contribution in [0.5, 0.6) is 0 Å². The van der Waals surface area contributed by atoms with Gasteiger partial charge < -0.3 is 39.9 Å². The summed E-state index contributed by atoms with van der Waals surface area (Å²) in [6.07, 6.45) is 2.91. The number of para-hydroxylation sites is 1. The third-order valence-corrected chi connectivity index (χ3v) is 8.32. The summed E-state index contributed by atoms with van der Waals surface area (Å²) in [5.74, 6) is 0.697. The predicted octanol–water partition coefficient (Wildman–Crippen LogP) is 5.43. The van der Waals surface area contributed by atoms with Crippen LogP contribution in [0.4, 0.5) is 15.3 Å². The lowest BCUT2D eigenvalue weighted by Gasteiger charge is -2.23. The Morgan fingerprint density at radius 3 is 1.65 bits per heavy atom. The van der Waals surface area contributed by atoms with Gasteiger partial charge in [-0.05, 0) is 47.2 Å². The zero-order valence-electron chi connectivity index (χ0n) is 29.6. The molecule has 0 spiro atoms. The number of rotatable bonds is 14. The summed E-state index contributed by atoms with van der Waals surface area (Å²) in [7, 11) is 2.50. The van der Waals surface area contributed by atoms with Gasteiger partial charge in [0.2, 0.25) is 11.8 Å². The van der Waals surface area contributed by atoms with Crippen LogP contribution in [0.15, 0.2) is 85.2 Å². The number of benzene rings is 3. The lowest BCUT2D eigenvalue weighted by molar-refractivity contribution is -0.131. The second-order valence-electron chi connectivity index (χ2n) is 11.9. The molecule has 0 aliphatic heterocycles. The highest BCUT2D eigenvalue weighted by molar-refractivity contribution is 5.96. The average Bonchev–Trinajstić information content (AvgIpc) is 3.85. The van der Waals surface area contributed by atoms with E-state index in [1.54, 1.807) is 22.2 Å². The van der Waals surface area contributed by atoms with E-state index in [-0.39, 0.29) is 38.0 Å². The van der Waals surface area contributed by atoms with Crippen molar-refractivity contribution in [3.8, 4) is 33.6 Å². The maximum atomic E-state index is 13.2. The minimum absolute atomic E-state index is 0.153. The van der Waals surface area contributed by atoms with Crippen molar-refractivity contribution >= 4 is 29.7 Å². The lowest BCUT2D eigenvalue weighted by atomic mass is 10.0. The van der Waals surface area contributed by atoms with Crippen molar-refractivity contribution in [1.29, 1.82) is 0 Å². The average molecular weight is 707 g/mol. The molecule has 2 aromatic heterocycles. The SMILES string of the molecule is CCCN(Cc1ncc(-c2ccc(-c3ccc(-c4cnc(CN(C(=O)CNC(=O)OC)c5ccccc5C)[nH]4)cc3)cc2)[nH]1)C(=O)CNC(=O)OC. The molecule has 4 N–H and O–H groups in total. The third kappa shape index (κ3) is 9.41. The normalized spacial score (nSPS) is 10.7. The van der Waals surface area contributed by atoms with Crippen molar-refractivity contribution in [3.05, 3.63) is 102 Å². The molecule has 0 unspecified atom stereocenters. The molecule has 5 rings (SSSR count). The van der Waals surface area contributed by atoms with Gasteiger partial charge >= 0.3 is 12.2 Å². The largest absolute Gasteiger partial charge is 0.453 e. The van der Waals surface area contributed by atoms with E-state index >= 15 is 0 Å². The smallest absolute Gasteiger partial charge is 0.407 e. The van der Waals surface area contributed by atoms with E-state index in [4.69, 9.17) is 0 Å². The summed E-state index contributed by atoms with van der Waals surface area (Å²) in [5, 5.41) is 4.89. The molecule has 0 saturated heterocycles. The van der Waals surface area contributed by atoms with Crippen LogP contribution in [-0.2, 0) is 32.2 Å². The first kappa shape index (κ1) is 36.8. The van der Waals surface area contributed by atoms with Gasteiger partial charge in [0.25, 0.3) is 0 Å². The zero-order valence-corrected chi connectivity index (χ0v) is 29.6. The highest BCUT2D eigenvalue weighted by atomic mass is 16.5. The summed E-state index contributed by atoms with van der Waals surface area (Å²) in [4.78, 5) is 67.7. The fourth-order valence-corrected chi connectivity index (χ4v) is 5.58. The zero-order chi connectivity index (χ0) is 37.0. The molecular weight excluding hydrogens is 664 g/mol. The van der Waals surface area contributed by atoms with Gasteiger partial charge in [0.15, 0.2) is 0 Å². The second-order valence-corrected chi connectivity index (χ2v) is 11.9. The van der Waals surface area contributed by atoms with Crippen LogP contribution in [-0.4, -0.2) is 82.7 Å². The van der Waals surface area contributed by atoms with E-state index in [1.807, 2.05) is 86.6 Å². The van der Waals surface area contributed by atoms with Crippen molar-refractivity contribution in [3.63, 3.8) is 0 Å². The number of ether oxygens (including phenoxy) is 2. The number of hydrogen-bond acceptors (Lipinski definition) is 8. The molecule has 3 aromatic carbocycles. The fraction of sp³-hybridized carbons (Fsp3) is 0.263. The van der Waals surface area contributed by atoms with Gasteiger partial charge in [0, 0.05) is 12.2 Å². The Morgan fingerprint density at radius 2 is 1.15 bits per heavy atom. The molecular formula is C38H42N8O6. The van der Waals surface area contributed by atoms with E-state index < -0.39 is 12.2 Å². The molecule has 270 valence electrons. The first-order chi connectivity index (χ1) is 25.2. The summed E-state index contributed by atoms with van der Waals surface area (Å²) < 4.78 is 9.17. The number of aryl methyl sites for hydroxylation is 1. The van der Waals surface area contributed by atoms with Crippen LogP contribution < -0.4 is 15.5 Å². The number of methoxy groups -OCH3 is 2. The Labute approximate surface area is 301 Å². The number of carbonyl (C=O) groups excluding carboxylic acids is 4. The number of amides is 4. The highest BCUT2D eigenvalue weighted by Crippen LogP contribution is 2.28. The molecule has 14 heteroatoms. The van der Waals surface area contributed by atoms with Gasteiger partial charge in [-0.25, -0.2) is 19.6 Å². The fourth-order valence-electron chi connectivity index (χ4n) is 5.58. The number of aromatic amines is 2. The van der Waals surface area contributed by atoms with E-state index in [9.17, 15) is 19.2 Å². The van der Waals surface area contributed by atoms with Gasteiger partial charge in [-0.2, -0.15) is 0 Å². The van der Waals surface area contributed by atoms with Crippen molar-refractivity contribution in [1.82, 2.24) is 35.5 Å². The first-order valence-electron chi connectivity index (χ1n) is 16.8. The molecule has 2 heterocycles. The third-order valence-electron chi connectivity index (χ3n) is 8.32. The number of carbonyl (C=O) groups is 4. The molecule has 14 nitrogen and oxygen atoms in total. The molecule has 0 radical (unpaired) electrons. The van der Waals surface area contributed by atoms with Crippen LogP contribution in [0.3, 0.4) is 0 Å². The van der Waals surface area contributed by atoms with Crippen LogP contribution in [0.2, 0.25) is 0 Å². The number of nitrogens with one attached hydrogen (secondary N) is 4. The monoisotopic (exact) mass is 706 g/mol. The number of nitrogens with zero attached hydrogens (tertiary/aromatic N) is 4. The highest BCUT2D eigenvalue weighted by Gasteiger charge is 2.21. The predicted molar refractivity (Wildman–Crippen MR) is 196 cm³/mol. The standard InChI is InChI=1S/C38H42N8O6/c1-5-18-45(35(47)21-41-37(49)51-3)23-33-39-19-30(43-33)28-14-10-26(11-15-28)27-12-16-29(17-13-27)31-20-40-34(44-31)24-46(32-9-7-6-8-25(32)2)36(48)22-42-38(50)52-4/h6-17,19-20H,5,18,21-24H2,1-4H3,(H,39,43)(H,40,44)(H,41,49)(H,42,50). The molecule has 0 atom stereocenters. The van der Waals surface area contributed by atoms with E-state index in [0.717, 1.165) is 51.3 Å². The van der Waals surface area contributed by atoms with Gasteiger partial charge in [-0.1, -0.05) is 73.7 Å². The second kappa shape index (κ2) is 17.5. The van der Waals surface area contributed by atoms with Gasteiger partial charge in [-0.15, -0.1) is 0 Å². The summed E-state index contributed by atoms with van der Waals surface area (Å²) in [5.41, 5.74) is 7.20. The molecule has 52 heavy (non-hydrogen) atoms. The number of H-pyrrole nitrogens is 2. The quantitative estimate of drug-likeness (QED) is 0.118. The van der Waals surface area contributed by atoms with Crippen LogP contribution in [0.25, 0.3) is 33.6 Å². The molecule has 4 amide bonds. The number of imidazole rings is 2. The Morgan fingerprint density at radius 1 is 0.673 bits per heavy atom. The van der Waals surface area contributed by atoms with E-state index in [1.165, 1.54) is 14.2 Å². The minimum atomic E-state index is -0.681. The molecule has 5 aromatic rings. The number of anilines is 1.